The molecule has 1 saturated heterocycles. The monoisotopic (exact) mass is 315 g/mol. The highest BCUT2D eigenvalue weighted by Crippen LogP contribution is 2.21. The molecule has 1 aromatic rings. The standard InChI is InChI=1S/C14H22FN3O2S/c1-2-7-18-8-5-12(6-9-18)17-21(19,20)14-4-3-11(15)10-13(14)16/h3-4,10,12,17H,2,5-9,16H2,1H3. The van der Waals surface area contributed by atoms with E-state index in [1.807, 2.05) is 0 Å². The second-order valence-electron chi connectivity index (χ2n) is 5.42. The fourth-order valence-electron chi connectivity index (χ4n) is 2.64. The van der Waals surface area contributed by atoms with Crippen LogP contribution in [0.15, 0.2) is 23.1 Å². The number of likely N-dealkylation sites (tertiary alicyclic amines) is 1. The Balaban J connectivity index is 2.02. The van der Waals surface area contributed by atoms with Gasteiger partial charge < -0.3 is 10.6 Å². The van der Waals surface area contributed by atoms with Crippen molar-refractivity contribution in [2.24, 2.45) is 0 Å². The van der Waals surface area contributed by atoms with Crippen molar-refractivity contribution in [1.82, 2.24) is 9.62 Å². The van der Waals surface area contributed by atoms with Gasteiger partial charge in [0.05, 0.1) is 5.69 Å². The molecule has 0 spiro atoms. The number of nitrogen functional groups attached to an aromatic ring is 1. The minimum Gasteiger partial charge on any atom is -0.398 e. The van der Waals surface area contributed by atoms with Gasteiger partial charge in [0.1, 0.15) is 10.7 Å². The number of nitrogens with two attached hydrogens (primary N) is 1. The van der Waals surface area contributed by atoms with Crippen LogP contribution in [0.4, 0.5) is 10.1 Å². The van der Waals surface area contributed by atoms with Crippen molar-refractivity contribution in [3.05, 3.63) is 24.0 Å². The highest BCUT2D eigenvalue weighted by Gasteiger charge is 2.25. The van der Waals surface area contributed by atoms with E-state index in [9.17, 15) is 12.8 Å². The molecular formula is C14H22FN3O2S. The first-order valence-electron chi connectivity index (χ1n) is 7.22. The number of hydrogen-bond acceptors (Lipinski definition) is 4. The zero-order valence-electron chi connectivity index (χ0n) is 12.2. The quantitative estimate of drug-likeness (QED) is 0.809. The third kappa shape index (κ3) is 4.15. The number of rotatable bonds is 5. The maximum atomic E-state index is 13.0. The first-order chi connectivity index (χ1) is 9.92. The fraction of sp³-hybridized carbons (Fsp3) is 0.571. The molecule has 21 heavy (non-hydrogen) atoms. The Bertz CT molecular complexity index is 584. The van der Waals surface area contributed by atoms with Crippen LogP contribution in [-0.2, 0) is 10.0 Å². The Hall–Kier alpha value is -1.18. The summed E-state index contributed by atoms with van der Waals surface area (Å²) in [6.07, 6.45) is 2.66. The first kappa shape index (κ1) is 16.2. The lowest BCUT2D eigenvalue weighted by Crippen LogP contribution is -2.44. The van der Waals surface area contributed by atoms with Gasteiger partial charge in [-0.25, -0.2) is 17.5 Å². The molecule has 1 fully saturated rings. The maximum Gasteiger partial charge on any atom is 0.242 e. The van der Waals surface area contributed by atoms with Gasteiger partial charge in [-0.15, -0.1) is 0 Å². The molecule has 0 amide bonds. The van der Waals surface area contributed by atoms with Crippen LogP contribution in [-0.4, -0.2) is 39.0 Å². The molecule has 0 aliphatic carbocycles. The molecule has 7 heteroatoms. The second kappa shape index (κ2) is 6.72. The second-order valence-corrected chi connectivity index (χ2v) is 7.10. The van der Waals surface area contributed by atoms with Gasteiger partial charge in [0.2, 0.25) is 10.0 Å². The van der Waals surface area contributed by atoms with Gasteiger partial charge in [-0.05, 0) is 57.1 Å². The average molecular weight is 315 g/mol. The lowest BCUT2D eigenvalue weighted by atomic mass is 10.1. The molecular weight excluding hydrogens is 293 g/mol. The van der Waals surface area contributed by atoms with Crippen molar-refractivity contribution in [3.63, 3.8) is 0 Å². The van der Waals surface area contributed by atoms with Gasteiger partial charge >= 0.3 is 0 Å². The van der Waals surface area contributed by atoms with Crippen molar-refractivity contribution in [2.75, 3.05) is 25.4 Å². The van der Waals surface area contributed by atoms with Crippen molar-refractivity contribution in [1.29, 1.82) is 0 Å². The largest absolute Gasteiger partial charge is 0.398 e. The van der Waals surface area contributed by atoms with Crippen molar-refractivity contribution < 1.29 is 12.8 Å². The smallest absolute Gasteiger partial charge is 0.242 e. The van der Waals surface area contributed by atoms with Crippen molar-refractivity contribution in [2.45, 2.75) is 37.1 Å². The van der Waals surface area contributed by atoms with Crippen LogP contribution in [0, 0.1) is 5.82 Å². The average Bonchev–Trinajstić information content (AvgIpc) is 2.40. The van der Waals surface area contributed by atoms with E-state index in [2.05, 4.69) is 16.5 Å². The molecule has 0 bridgehead atoms. The van der Waals surface area contributed by atoms with Crippen LogP contribution >= 0.6 is 0 Å². The number of nitrogens with zero attached hydrogens (tertiary/aromatic N) is 1. The van der Waals surface area contributed by atoms with E-state index < -0.39 is 15.8 Å². The Morgan fingerprint density at radius 1 is 1.38 bits per heavy atom. The Kier molecular flexibility index (Phi) is 5.18. The molecule has 0 saturated carbocycles. The van der Waals surface area contributed by atoms with Crippen molar-refractivity contribution >= 4 is 15.7 Å². The van der Waals surface area contributed by atoms with Gasteiger partial charge in [0, 0.05) is 6.04 Å². The summed E-state index contributed by atoms with van der Waals surface area (Å²) >= 11 is 0. The van der Waals surface area contributed by atoms with E-state index in [0.29, 0.717) is 0 Å². The summed E-state index contributed by atoms with van der Waals surface area (Å²) in [4.78, 5) is 2.27. The van der Waals surface area contributed by atoms with Crippen LogP contribution in [0.5, 0.6) is 0 Å². The molecule has 1 heterocycles. The van der Waals surface area contributed by atoms with Gasteiger partial charge in [0.15, 0.2) is 0 Å². The summed E-state index contributed by atoms with van der Waals surface area (Å²) in [5, 5.41) is 0. The van der Waals surface area contributed by atoms with E-state index in [-0.39, 0.29) is 16.6 Å². The normalized spacial score (nSPS) is 18.0. The van der Waals surface area contributed by atoms with Crippen LogP contribution < -0.4 is 10.5 Å². The Labute approximate surface area is 125 Å². The SMILES string of the molecule is CCCN1CCC(NS(=O)(=O)c2ccc(F)cc2N)CC1. The molecule has 2 rings (SSSR count). The van der Waals surface area contributed by atoms with E-state index in [4.69, 9.17) is 5.73 Å². The summed E-state index contributed by atoms with van der Waals surface area (Å²) in [5.74, 6) is -0.542. The van der Waals surface area contributed by atoms with Crippen LogP contribution in [0.3, 0.4) is 0 Å². The highest BCUT2D eigenvalue weighted by atomic mass is 32.2. The van der Waals surface area contributed by atoms with E-state index in [1.165, 1.54) is 6.07 Å². The number of nitrogens with one attached hydrogen (secondary N) is 1. The first-order valence-corrected chi connectivity index (χ1v) is 8.70. The number of sulfonamides is 1. The number of halogens is 1. The third-order valence-corrected chi connectivity index (χ3v) is 5.31. The number of benzene rings is 1. The Morgan fingerprint density at radius 2 is 2.05 bits per heavy atom. The summed E-state index contributed by atoms with van der Waals surface area (Å²) in [7, 11) is -3.70. The van der Waals surface area contributed by atoms with Gasteiger partial charge in [-0.3, -0.25) is 0 Å². The maximum absolute atomic E-state index is 13.0. The lowest BCUT2D eigenvalue weighted by molar-refractivity contribution is 0.208. The summed E-state index contributed by atoms with van der Waals surface area (Å²) in [6.45, 7) is 4.95. The fourth-order valence-corrected chi connectivity index (χ4v) is 4.06. The van der Waals surface area contributed by atoms with E-state index in [0.717, 1.165) is 51.0 Å². The Morgan fingerprint density at radius 3 is 2.62 bits per heavy atom. The molecule has 1 aromatic carbocycles. The van der Waals surface area contributed by atoms with Gasteiger partial charge in [-0.2, -0.15) is 0 Å². The minimum absolute atomic E-state index is 0.0557. The predicted octanol–water partition coefficient (Wildman–Crippen LogP) is 1.56. The van der Waals surface area contributed by atoms with Gasteiger partial charge in [0.25, 0.3) is 0 Å². The van der Waals surface area contributed by atoms with E-state index >= 15 is 0 Å². The topological polar surface area (TPSA) is 75.4 Å². The molecule has 3 N–H and O–H groups in total. The predicted molar refractivity (Wildman–Crippen MR) is 80.9 cm³/mol. The molecule has 0 atom stereocenters. The number of piperidine rings is 1. The summed E-state index contributed by atoms with van der Waals surface area (Å²) < 4.78 is 40.3. The molecule has 5 nitrogen and oxygen atoms in total. The number of hydrogen-bond donors (Lipinski definition) is 2. The van der Waals surface area contributed by atoms with E-state index in [1.54, 1.807) is 0 Å². The third-order valence-electron chi connectivity index (χ3n) is 3.71. The molecule has 0 aromatic heterocycles. The summed E-state index contributed by atoms with van der Waals surface area (Å²) in [6, 6.07) is 3.25. The van der Waals surface area contributed by atoms with Crippen LogP contribution in [0.1, 0.15) is 26.2 Å². The molecule has 0 unspecified atom stereocenters. The minimum atomic E-state index is -3.70. The molecule has 118 valence electrons. The van der Waals surface area contributed by atoms with Crippen molar-refractivity contribution in [3.8, 4) is 0 Å². The van der Waals surface area contributed by atoms with Crippen LogP contribution in [0.25, 0.3) is 0 Å². The van der Waals surface area contributed by atoms with Gasteiger partial charge in [-0.1, -0.05) is 6.92 Å². The zero-order chi connectivity index (χ0) is 15.5. The zero-order valence-corrected chi connectivity index (χ0v) is 13.0. The summed E-state index contributed by atoms with van der Waals surface area (Å²) in [5.41, 5.74) is 5.54. The molecule has 0 radical (unpaired) electrons. The lowest BCUT2D eigenvalue weighted by Gasteiger charge is -2.31. The highest BCUT2D eigenvalue weighted by molar-refractivity contribution is 7.89. The molecule has 1 aliphatic heterocycles. The van der Waals surface area contributed by atoms with Crippen LogP contribution in [0.2, 0.25) is 0 Å². The molecule has 1 aliphatic rings. The number of anilines is 1.